The Labute approximate surface area is 117 Å². The molecule has 0 unspecified atom stereocenters. The highest BCUT2D eigenvalue weighted by molar-refractivity contribution is 7.92. The van der Waals surface area contributed by atoms with Gasteiger partial charge in [0.05, 0.1) is 16.5 Å². The standard InChI is InChI=1S/C11H14Cl2N2O2S/c12-8-1-4-10(13)11(7-8)15-18(16,17)6-5-14-9-2-3-9/h1,4,7,9,14-15H,2-3,5-6H2. The number of benzene rings is 1. The molecule has 1 aromatic rings. The van der Waals surface area contributed by atoms with Crippen molar-refractivity contribution in [2.75, 3.05) is 17.0 Å². The molecule has 0 saturated heterocycles. The maximum atomic E-state index is 11.8. The molecule has 2 N–H and O–H groups in total. The Hall–Kier alpha value is -0.490. The number of hydrogen-bond acceptors (Lipinski definition) is 3. The zero-order valence-corrected chi connectivity index (χ0v) is 11.9. The van der Waals surface area contributed by atoms with E-state index >= 15 is 0 Å². The summed E-state index contributed by atoms with van der Waals surface area (Å²) in [6.07, 6.45) is 2.27. The predicted molar refractivity (Wildman–Crippen MR) is 74.9 cm³/mol. The average Bonchev–Trinajstić information content (AvgIpc) is 3.07. The minimum Gasteiger partial charge on any atom is -0.313 e. The lowest BCUT2D eigenvalue weighted by atomic mass is 10.3. The van der Waals surface area contributed by atoms with Crippen molar-refractivity contribution in [2.45, 2.75) is 18.9 Å². The number of rotatable bonds is 6. The maximum Gasteiger partial charge on any atom is 0.234 e. The lowest BCUT2D eigenvalue weighted by Gasteiger charge is -2.10. The molecule has 0 spiro atoms. The molecule has 0 heterocycles. The minimum absolute atomic E-state index is 0.0202. The molecule has 1 saturated carbocycles. The molecule has 1 fully saturated rings. The second-order valence-electron chi connectivity index (χ2n) is 4.27. The Balaban J connectivity index is 1.95. The van der Waals surface area contributed by atoms with E-state index in [1.165, 1.54) is 6.07 Å². The minimum atomic E-state index is -3.40. The van der Waals surface area contributed by atoms with Crippen molar-refractivity contribution >= 4 is 38.9 Å². The second kappa shape index (κ2) is 5.65. The Morgan fingerprint density at radius 1 is 1.28 bits per heavy atom. The van der Waals surface area contributed by atoms with Gasteiger partial charge in [-0.1, -0.05) is 23.2 Å². The lowest BCUT2D eigenvalue weighted by molar-refractivity contribution is 0.595. The van der Waals surface area contributed by atoms with Crippen molar-refractivity contribution in [3.8, 4) is 0 Å². The van der Waals surface area contributed by atoms with Gasteiger partial charge >= 0.3 is 0 Å². The van der Waals surface area contributed by atoms with Gasteiger partial charge in [-0.05, 0) is 31.0 Å². The molecular weight excluding hydrogens is 295 g/mol. The topological polar surface area (TPSA) is 58.2 Å². The van der Waals surface area contributed by atoms with Crippen LogP contribution in [0.3, 0.4) is 0 Å². The molecule has 0 amide bonds. The van der Waals surface area contributed by atoms with E-state index in [2.05, 4.69) is 10.0 Å². The number of sulfonamides is 1. The highest BCUT2D eigenvalue weighted by Crippen LogP contribution is 2.26. The molecule has 2 rings (SSSR count). The molecule has 1 aliphatic rings. The first kappa shape index (κ1) is 13.9. The van der Waals surface area contributed by atoms with E-state index in [-0.39, 0.29) is 5.75 Å². The van der Waals surface area contributed by atoms with Gasteiger partial charge in [-0.3, -0.25) is 4.72 Å². The van der Waals surface area contributed by atoms with E-state index in [4.69, 9.17) is 23.2 Å². The summed E-state index contributed by atoms with van der Waals surface area (Å²) in [4.78, 5) is 0. The summed E-state index contributed by atoms with van der Waals surface area (Å²) < 4.78 is 26.1. The summed E-state index contributed by atoms with van der Waals surface area (Å²) in [5.41, 5.74) is 0.315. The van der Waals surface area contributed by atoms with Crippen molar-refractivity contribution in [1.29, 1.82) is 0 Å². The van der Waals surface area contributed by atoms with Crippen LogP contribution in [0, 0.1) is 0 Å². The molecule has 7 heteroatoms. The SMILES string of the molecule is O=S(=O)(CCNC1CC1)Nc1cc(Cl)ccc1Cl. The maximum absolute atomic E-state index is 11.8. The fourth-order valence-corrected chi connectivity index (χ4v) is 2.86. The molecule has 4 nitrogen and oxygen atoms in total. The predicted octanol–water partition coefficient (Wildman–Crippen LogP) is 2.49. The van der Waals surface area contributed by atoms with Crippen molar-refractivity contribution < 1.29 is 8.42 Å². The molecule has 1 aromatic carbocycles. The highest BCUT2D eigenvalue weighted by atomic mass is 35.5. The number of hydrogen-bond donors (Lipinski definition) is 2. The first-order valence-electron chi connectivity index (χ1n) is 5.65. The van der Waals surface area contributed by atoms with E-state index in [9.17, 15) is 8.42 Å². The third-order valence-electron chi connectivity index (χ3n) is 2.58. The average molecular weight is 309 g/mol. The third kappa shape index (κ3) is 4.31. The fourth-order valence-electron chi connectivity index (χ4n) is 1.48. The van der Waals surface area contributed by atoms with Gasteiger partial charge in [0.1, 0.15) is 0 Å². The highest BCUT2D eigenvalue weighted by Gasteiger charge is 2.21. The van der Waals surface area contributed by atoms with Crippen LogP contribution in [0.5, 0.6) is 0 Å². The zero-order valence-electron chi connectivity index (χ0n) is 9.62. The summed E-state index contributed by atoms with van der Waals surface area (Å²) in [7, 11) is -3.40. The monoisotopic (exact) mass is 308 g/mol. The van der Waals surface area contributed by atoms with Crippen molar-refractivity contribution in [3.63, 3.8) is 0 Å². The summed E-state index contributed by atoms with van der Waals surface area (Å²) in [6.45, 7) is 0.443. The molecule has 0 radical (unpaired) electrons. The van der Waals surface area contributed by atoms with Gasteiger partial charge in [0.15, 0.2) is 0 Å². The van der Waals surface area contributed by atoms with E-state index in [0.29, 0.717) is 28.3 Å². The quantitative estimate of drug-likeness (QED) is 0.849. The van der Waals surface area contributed by atoms with Crippen LogP contribution in [0.1, 0.15) is 12.8 Å². The summed E-state index contributed by atoms with van der Waals surface area (Å²) in [5, 5.41) is 3.92. The van der Waals surface area contributed by atoms with Crippen molar-refractivity contribution in [1.82, 2.24) is 5.32 Å². The van der Waals surface area contributed by atoms with Crippen molar-refractivity contribution in [2.24, 2.45) is 0 Å². The number of halogens is 2. The summed E-state index contributed by atoms with van der Waals surface area (Å²) >= 11 is 11.7. The fraction of sp³-hybridized carbons (Fsp3) is 0.455. The van der Waals surface area contributed by atoms with E-state index in [1.807, 2.05) is 0 Å². The smallest absolute Gasteiger partial charge is 0.234 e. The van der Waals surface area contributed by atoms with Crippen LogP contribution < -0.4 is 10.0 Å². The zero-order chi connectivity index (χ0) is 13.2. The second-order valence-corrected chi connectivity index (χ2v) is 6.96. The first-order chi connectivity index (χ1) is 8.46. The molecule has 0 atom stereocenters. The van der Waals surface area contributed by atoms with Crippen LogP contribution in [0.2, 0.25) is 10.0 Å². The van der Waals surface area contributed by atoms with Gasteiger partial charge in [-0.25, -0.2) is 8.42 Å². The van der Waals surface area contributed by atoms with Crippen LogP contribution in [-0.4, -0.2) is 26.8 Å². The van der Waals surface area contributed by atoms with Gasteiger partial charge in [0.2, 0.25) is 10.0 Å². The molecule has 100 valence electrons. The van der Waals surface area contributed by atoms with E-state index in [1.54, 1.807) is 12.1 Å². The molecule has 1 aliphatic carbocycles. The van der Waals surface area contributed by atoms with E-state index < -0.39 is 10.0 Å². The molecular formula is C11H14Cl2N2O2S. The first-order valence-corrected chi connectivity index (χ1v) is 8.06. The van der Waals surface area contributed by atoms with Gasteiger partial charge in [-0.15, -0.1) is 0 Å². The summed E-state index contributed by atoms with van der Waals surface area (Å²) in [6, 6.07) is 5.16. The van der Waals surface area contributed by atoms with Crippen molar-refractivity contribution in [3.05, 3.63) is 28.2 Å². The number of anilines is 1. The third-order valence-corrected chi connectivity index (χ3v) is 4.41. The summed E-state index contributed by atoms with van der Waals surface area (Å²) in [5.74, 6) is 0.0202. The number of nitrogens with one attached hydrogen (secondary N) is 2. The van der Waals surface area contributed by atoms with E-state index in [0.717, 1.165) is 12.8 Å². The molecule has 18 heavy (non-hydrogen) atoms. The Kier molecular flexibility index (Phi) is 4.37. The van der Waals surface area contributed by atoms with Crippen LogP contribution in [0.15, 0.2) is 18.2 Å². The van der Waals surface area contributed by atoms with Gasteiger partial charge in [0, 0.05) is 17.6 Å². The van der Waals surface area contributed by atoms with Gasteiger partial charge < -0.3 is 5.32 Å². The van der Waals surface area contributed by atoms with Crippen LogP contribution in [0.25, 0.3) is 0 Å². The Morgan fingerprint density at radius 3 is 2.67 bits per heavy atom. The molecule has 0 bridgehead atoms. The van der Waals surface area contributed by atoms with Gasteiger partial charge in [-0.2, -0.15) is 0 Å². The normalized spacial score (nSPS) is 15.7. The Morgan fingerprint density at radius 2 is 2.00 bits per heavy atom. The largest absolute Gasteiger partial charge is 0.313 e. The molecule has 0 aromatic heterocycles. The van der Waals surface area contributed by atoms with Crippen LogP contribution in [0.4, 0.5) is 5.69 Å². The Bertz CT molecular complexity index is 530. The van der Waals surface area contributed by atoms with Gasteiger partial charge in [0.25, 0.3) is 0 Å². The molecule has 0 aliphatic heterocycles. The lowest BCUT2D eigenvalue weighted by Crippen LogP contribution is -2.28. The van der Waals surface area contributed by atoms with Crippen LogP contribution >= 0.6 is 23.2 Å². The van der Waals surface area contributed by atoms with Crippen LogP contribution in [-0.2, 0) is 10.0 Å².